The van der Waals surface area contributed by atoms with Gasteiger partial charge in [-0.3, -0.25) is 19.3 Å². The van der Waals surface area contributed by atoms with Crippen LogP contribution in [0.15, 0.2) is 24.3 Å². The molecule has 0 radical (unpaired) electrons. The largest absolute Gasteiger partial charge is 0.463 e. The number of hydrogen-bond acceptors (Lipinski definition) is 4. The predicted molar refractivity (Wildman–Crippen MR) is 141 cm³/mol. The van der Waals surface area contributed by atoms with Crippen LogP contribution in [-0.2, 0) is 9.53 Å². The lowest BCUT2D eigenvalue weighted by molar-refractivity contribution is -0.153. The number of benzene rings is 2. The molecule has 0 atom stereocenters. The monoisotopic (exact) mass is 489 g/mol. The van der Waals surface area contributed by atoms with E-state index in [2.05, 4.69) is 12.1 Å². The fourth-order valence-electron chi connectivity index (χ4n) is 6.45. The maximum atomic E-state index is 13.6. The maximum Gasteiger partial charge on any atom is 0.311 e. The lowest BCUT2D eigenvalue weighted by Crippen LogP contribution is -2.43. The van der Waals surface area contributed by atoms with Crippen molar-refractivity contribution in [2.45, 2.75) is 96.8 Å². The number of amides is 2. The third-order valence-corrected chi connectivity index (χ3v) is 8.43. The van der Waals surface area contributed by atoms with E-state index in [9.17, 15) is 14.4 Å². The van der Waals surface area contributed by atoms with Crippen molar-refractivity contribution in [1.29, 1.82) is 0 Å². The van der Waals surface area contributed by atoms with Crippen molar-refractivity contribution in [2.24, 2.45) is 5.41 Å². The van der Waals surface area contributed by atoms with Gasteiger partial charge in [-0.1, -0.05) is 50.7 Å². The fourth-order valence-corrected chi connectivity index (χ4v) is 6.45. The van der Waals surface area contributed by atoms with Gasteiger partial charge in [0.15, 0.2) is 0 Å². The zero-order chi connectivity index (χ0) is 25.4. The molecule has 2 amide bonds. The van der Waals surface area contributed by atoms with Gasteiger partial charge in [0, 0.05) is 16.5 Å². The van der Waals surface area contributed by atoms with Gasteiger partial charge in [0.25, 0.3) is 11.8 Å². The molecule has 5 rings (SSSR count). The van der Waals surface area contributed by atoms with Gasteiger partial charge in [-0.05, 0) is 86.9 Å². The Morgan fingerprint density at radius 2 is 1.25 bits per heavy atom. The molecule has 0 N–H and O–H groups in total. The van der Waals surface area contributed by atoms with E-state index in [-0.39, 0.29) is 30.9 Å². The predicted octanol–water partition coefficient (Wildman–Crippen LogP) is 7.12. The van der Waals surface area contributed by atoms with E-state index in [0.717, 1.165) is 5.39 Å². The third-order valence-electron chi connectivity index (χ3n) is 8.43. The molecule has 2 aromatic carbocycles. The summed E-state index contributed by atoms with van der Waals surface area (Å²) in [5, 5.41) is 2.04. The lowest BCUT2D eigenvalue weighted by atomic mass is 9.75. The first-order valence-corrected chi connectivity index (χ1v) is 13.9. The van der Waals surface area contributed by atoms with Crippen LogP contribution in [0.4, 0.5) is 0 Å². The van der Waals surface area contributed by atoms with Crippen LogP contribution in [-0.4, -0.2) is 35.8 Å². The molecule has 2 saturated carbocycles. The van der Waals surface area contributed by atoms with Crippen LogP contribution in [0.2, 0.25) is 0 Å². The highest BCUT2D eigenvalue weighted by molar-refractivity contribution is 6.26. The molecular weight excluding hydrogens is 450 g/mol. The Balaban J connectivity index is 1.55. The maximum absolute atomic E-state index is 13.6. The van der Waals surface area contributed by atoms with Crippen molar-refractivity contribution < 1.29 is 19.1 Å². The molecule has 0 aromatic heterocycles. The van der Waals surface area contributed by atoms with Gasteiger partial charge < -0.3 is 4.74 Å². The Hall–Kier alpha value is -2.69. The van der Waals surface area contributed by atoms with Gasteiger partial charge in [0.2, 0.25) is 0 Å². The summed E-state index contributed by atoms with van der Waals surface area (Å²) in [7, 11) is 0. The highest BCUT2D eigenvalue weighted by Gasteiger charge is 2.36. The first-order chi connectivity index (χ1) is 17.3. The highest BCUT2D eigenvalue weighted by atomic mass is 16.5. The summed E-state index contributed by atoms with van der Waals surface area (Å²) >= 11 is 0. The van der Waals surface area contributed by atoms with Crippen LogP contribution >= 0.6 is 0 Å². The van der Waals surface area contributed by atoms with Crippen LogP contribution in [0.1, 0.15) is 129 Å². The van der Waals surface area contributed by atoms with Crippen LogP contribution < -0.4 is 0 Å². The average molecular weight is 490 g/mol. The molecule has 1 heterocycles. The highest BCUT2D eigenvalue weighted by Crippen LogP contribution is 2.45. The van der Waals surface area contributed by atoms with Crippen molar-refractivity contribution in [2.75, 3.05) is 13.2 Å². The molecule has 36 heavy (non-hydrogen) atoms. The molecule has 3 aliphatic rings. The summed E-state index contributed by atoms with van der Waals surface area (Å²) < 4.78 is 5.38. The van der Waals surface area contributed by atoms with E-state index < -0.39 is 5.41 Å². The molecular formula is C31H39NO4. The smallest absolute Gasteiger partial charge is 0.311 e. The lowest BCUT2D eigenvalue weighted by Gasteiger charge is -2.32. The summed E-state index contributed by atoms with van der Waals surface area (Å²) in [6.45, 7) is 5.44. The van der Waals surface area contributed by atoms with Gasteiger partial charge >= 0.3 is 5.97 Å². The summed E-state index contributed by atoms with van der Waals surface area (Å²) in [6.07, 6.45) is 12.3. The Morgan fingerprint density at radius 3 is 1.69 bits per heavy atom. The minimum atomic E-state index is -0.626. The Morgan fingerprint density at radius 1 is 0.778 bits per heavy atom. The summed E-state index contributed by atoms with van der Waals surface area (Å²) in [6, 6.07) is 8.25. The summed E-state index contributed by atoms with van der Waals surface area (Å²) in [4.78, 5) is 40.7. The number of rotatable bonds is 5. The molecule has 5 heteroatoms. The van der Waals surface area contributed by atoms with Crippen LogP contribution in [0.5, 0.6) is 0 Å². The van der Waals surface area contributed by atoms with Crippen molar-refractivity contribution in [3.05, 3.63) is 46.5 Å². The quantitative estimate of drug-likeness (QED) is 0.331. The van der Waals surface area contributed by atoms with Crippen LogP contribution in [0.25, 0.3) is 10.8 Å². The molecule has 0 spiro atoms. The number of hydrogen-bond donors (Lipinski definition) is 0. The fraction of sp³-hybridized carbons (Fsp3) is 0.581. The van der Waals surface area contributed by atoms with Crippen molar-refractivity contribution >= 4 is 28.6 Å². The summed E-state index contributed by atoms with van der Waals surface area (Å²) in [5.74, 6) is 0.0904. The SMILES string of the molecule is CC(C)(C)C(=O)OCCN1C(=O)c2ccc(C3CCCCC3)c3c(C4CCCCC4)ccc(c23)C1=O. The first-order valence-electron chi connectivity index (χ1n) is 13.9. The number of carbonyl (C=O) groups is 3. The van der Waals surface area contributed by atoms with E-state index >= 15 is 0 Å². The van der Waals surface area contributed by atoms with Gasteiger partial charge in [0.05, 0.1) is 12.0 Å². The van der Waals surface area contributed by atoms with Crippen LogP contribution in [0, 0.1) is 5.41 Å². The minimum Gasteiger partial charge on any atom is -0.463 e. The van der Waals surface area contributed by atoms with E-state index in [0.29, 0.717) is 23.0 Å². The molecule has 2 fully saturated rings. The van der Waals surface area contributed by atoms with Crippen molar-refractivity contribution in [3.63, 3.8) is 0 Å². The summed E-state index contributed by atoms with van der Waals surface area (Å²) in [5.41, 5.74) is 3.27. The number of imide groups is 1. The number of esters is 1. The number of nitrogens with zero attached hydrogens (tertiary/aromatic N) is 1. The molecule has 2 aromatic rings. The Bertz CT molecular complexity index is 1110. The zero-order valence-corrected chi connectivity index (χ0v) is 22.0. The van der Waals surface area contributed by atoms with Gasteiger partial charge in [-0.15, -0.1) is 0 Å². The number of carbonyl (C=O) groups excluding carboxylic acids is 3. The Labute approximate surface area is 214 Å². The second-order valence-corrected chi connectivity index (χ2v) is 12.0. The second-order valence-electron chi connectivity index (χ2n) is 12.0. The minimum absolute atomic E-state index is 0.00632. The topological polar surface area (TPSA) is 63.7 Å². The third kappa shape index (κ3) is 4.57. The zero-order valence-electron chi connectivity index (χ0n) is 22.0. The molecule has 192 valence electrons. The molecule has 0 saturated heterocycles. The average Bonchev–Trinajstić information content (AvgIpc) is 2.89. The molecule has 0 bridgehead atoms. The standard InChI is InChI=1S/C31H39NO4/c1-31(2,3)30(35)36-19-18-32-28(33)24-16-14-22(20-10-6-4-7-11-20)26-23(21-12-8-5-9-13-21)15-17-25(27(24)26)29(32)34/h14-17,20-21H,4-13,18-19H2,1-3H3. The van der Waals surface area contributed by atoms with Crippen LogP contribution in [0.3, 0.4) is 0 Å². The normalized spacial score (nSPS) is 19.7. The molecule has 5 nitrogen and oxygen atoms in total. The van der Waals surface area contributed by atoms with Crippen molar-refractivity contribution in [3.8, 4) is 0 Å². The van der Waals surface area contributed by atoms with E-state index in [1.165, 1.54) is 85.6 Å². The second kappa shape index (κ2) is 9.99. The molecule has 0 unspecified atom stereocenters. The Kier molecular flexibility index (Phi) is 6.93. The molecule has 1 aliphatic heterocycles. The van der Waals surface area contributed by atoms with Gasteiger partial charge in [0.1, 0.15) is 6.61 Å². The van der Waals surface area contributed by atoms with E-state index in [1.807, 2.05) is 12.1 Å². The van der Waals surface area contributed by atoms with E-state index in [4.69, 9.17) is 4.74 Å². The number of ether oxygens (including phenoxy) is 1. The van der Waals surface area contributed by atoms with E-state index in [1.54, 1.807) is 20.8 Å². The van der Waals surface area contributed by atoms with Gasteiger partial charge in [-0.2, -0.15) is 0 Å². The van der Waals surface area contributed by atoms with Gasteiger partial charge in [-0.25, -0.2) is 0 Å². The first kappa shape index (κ1) is 25.0. The molecule has 2 aliphatic carbocycles. The van der Waals surface area contributed by atoms with Crippen molar-refractivity contribution in [1.82, 2.24) is 4.90 Å².